The van der Waals surface area contributed by atoms with Gasteiger partial charge in [-0.2, -0.15) is 0 Å². The zero-order valence-electron chi connectivity index (χ0n) is 14.6. The van der Waals surface area contributed by atoms with E-state index in [-0.39, 0.29) is 0 Å². The van der Waals surface area contributed by atoms with Crippen LogP contribution in [-0.4, -0.2) is 46.1 Å². The molecule has 2 unspecified atom stereocenters. The summed E-state index contributed by atoms with van der Waals surface area (Å²) in [6.45, 7) is 8.92. The van der Waals surface area contributed by atoms with Crippen LogP contribution < -0.4 is 9.46 Å². The van der Waals surface area contributed by atoms with Crippen LogP contribution in [0.2, 0.25) is 0 Å². The fourth-order valence-corrected chi connectivity index (χ4v) is 5.02. The molecule has 1 N–H and O–H groups in total. The Morgan fingerprint density at radius 3 is 2.75 bits per heavy atom. The van der Waals surface area contributed by atoms with E-state index in [0.717, 1.165) is 55.6 Å². The second-order valence-corrected chi connectivity index (χ2v) is 9.09. The number of hydrogen-bond acceptors (Lipinski definition) is 4. The molecule has 0 bridgehead atoms. The summed E-state index contributed by atoms with van der Waals surface area (Å²) in [5.41, 5.74) is 0.981. The maximum Gasteiger partial charge on any atom is 0.240 e. The van der Waals surface area contributed by atoms with Gasteiger partial charge in [-0.05, 0) is 55.0 Å². The van der Waals surface area contributed by atoms with Crippen LogP contribution in [-0.2, 0) is 16.4 Å². The third kappa shape index (κ3) is 4.29. The molecule has 6 heteroatoms. The molecule has 0 saturated carbocycles. The van der Waals surface area contributed by atoms with Crippen LogP contribution in [0.25, 0.3) is 0 Å². The molecule has 0 radical (unpaired) electrons. The number of sulfonamides is 1. The van der Waals surface area contributed by atoms with Crippen molar-refractivity contribution in [3.05, 3.63) is 23.8 Å². The number of nitrogens with one attached hydrogen (secondary N) is 1. The predicted octanol–water partition coefficient (Wildman–Crippen LogP) is 2.27. The molecule has 0 aromatic heterocycles. The fourth-order valence-electron chi connectivity index (χ4n) is 3.90. The van der Waals surface area contributed by atoms with Gasteiger partial charge in [0.2, 0.25) is 10.0 Å². The summed E-state index contributed by atoms with van der Waals surface area (Å²) >= 11 is 0. The van der Waals surface area contributed by atoms with Gasteiger partial charge in [-0.25, -0.2) is 13.1 Å². The van der Waals surface area contributed by atoms with E-state index in [4.69, 9.17) is 4.74 Å². The second kappa shape index (κ2) is 7.42. The lowest BCUT2D eigenvalue weighted by molar-refractivity contribution is 0.140. The van der Waals surface area contributed by atoms with Gasteiger partial charge in [0.15, 0.2) is 0 Å². The lowest BCUT2D eigenvalue weighted by Gasteiger charge is -2.34. The highest BCUT2D eigenvalue weighted by Crippen LogP contribution is 2.27. The van der Waals surface area contributed by atoms with Crippen molar-refractivity contribution in [2.45, 2.75) is 38.0 Å². The molecule has 1 saturated heterocycles. The number of piperidine rings is 1. The van der Waals surface area contributed by atoms with Gasteiger partial charge in [-0.15, -0.1) is 0 Å². The molecule has 1 aromatic rings. The first kappa shape index (κ1) is 17.7. The lowest BCUT2D eigenvalue weighted by Crippen LogP contribution is -2.40. The molecule has 24 heavy (non-hydrogen) atoms. The van der Waals surface area contributed by atoms with Gasteiger partial charge in [0, 0.05) is 26.1 Å². The van der Waals surface area contributed by atoms with Gasteiger partial charge in [0.05, 0.1) is 11.5 Å². The maximum atomic E-state index is 12.4. The first-order chi connectivity index (χ1) is 11.4. The highest BCUT2D eigenvalue weighted by molar-refractivity contribution is 7.89. The van der Waals surface area contributed by atoms with Crippen LogP contribution >= 0.6 is 0 Å². The Labute approximate surface area is 145 Å². The largest absolute Gasteiger partial charge is 0.493 e. The fraction of sp³-hybridized carbons (Fsp3) is 0.667. The Morgan fingerprint density at radius 1 is 1.25 bits per heavy atom. The van der Waals surface area contributed by atoms with Crippen molar-refractivity contribution in [1.29, 1.82) is 0 Å². The number of nitrogens with zero attached hydrogens (tertiary/aromatic N) is 1. The molecule has 2 aliphatic heterocycles. The highest BCUT2D eigenvalue weighted by Gasteiger charge is 2.22. The summed E-state index contributed by atoms with van der Waals surface area (Å²) in [7, 11) is -3.43. The zero-order chi connectivity index (χ0) is 17.2. The average Bonchev–Trinajstić information content (AvgIpc) is 2.98. The summed E-state index contributed by atoms with van der Waals surface area (Å²) in [6.07, 6.45) is 2.92. The normalized spacial score (nSPS) is 24.6. The molecule has 1 fully saturated rings. The molecule has 2 heterocycles. The number of benzene rings is 1. The highest BCUT2D eigenvalue weighted by atomic mass is 32.2. The molecule has 0 amide bonds. The number of rotatable bonds is 6. The molecule has 2 atom stereocenters. The molecular weight excluding hydrogens is 324 g/mol. The SMILES string of the molecule is CC1CC(C)CN(CCCNS(=O)(=O)c2ccc3c(c2)CCO3)C1. The molecule has 2 aliphatic rings. The maximum absolute atomic E-state index is 12.4. The summed E-state index contributed by atoms with van der Waals surface area (Å²) in [5.74, 6) is 2.28. The van der Waals surface area contributed by atoms with Crippen molar-refractivity contribution in [2.24, 2.45) is 11.8 Å². The lowest BCUT2D eigenvalue weighted by atomic mass is 9.92. The van der Waals surface area contributed by atoms with Crippen molar-refractivity contribution < 1.29 is 13.2 Å². The van der Waals surface area contributed by atoms with Crippen LogP contribution in [0.15, 0.2) is 23.1 Å². The van der Waals surface area contributed by atoms with Crippen molar-refractivity contribution in [3.63, 3.8) is 0 Å². The van der Waals surface area contributed by atoms with E-state index in [1.807, 2.05) is 0 Å². The molecule has 0 spiro atoms. The number of likely N-dealkylation sites (tertiary alicyclic amines) is 1. The summed E-state index contributed by atoms with van der Waals surface area (Å²) in [5, 5.41) is 0. The summed E-state index contributed by atoms with van der Waals surface area (Å²) in [4.78, 5) is 2.80. The van der Waals surface area contributed by atoms with Gasteiger partial charge in [0.1, 0.15) is 5.75 Å². The van der Waals surface area contributed by atoms with E-state index in [9.17, 15) is 8.42 Å². The van der Waals surface area contributed by atoms with E-state index in [1.165, 1.54) is 6.42 Å². The first-order valence-corrected chi connectivity index (χ1v) is 10.4. The first-order valence-electron chi connectivity index (χ1n) is 8.92. The monoisotopic (exact) mass is 352 g/mol. The zero-order valence-corrected chi connectivity index (χ0v) is 15.4. The third-order valence-corrected chi connectivity index (χ3v) is 6.32. The van der Waals surface area contributed by atoms with Gasteiger partial charge in [-0.1, -0.05) is 13.8 Å². The Hall–Kier alpha value is -1.11. The van der Waals surface area contributed by atoms with Crippen molar-refractivity contribution >= 4 is 10.0 Å². The topological polar surface area (TPSA) is 58.6 Å². The van der Waals surface area contributed by atoms with Crippen LogP contribution in [0.1, 0.15) is 32.3 Å². The van der Waals surface area contributed by atoms with Crippen molar-refractivity contribution in [1.82, 2.24) is 9.62 Å². The smallest absolute Gasteiger partial charge is 0.240 e. The minimum absolute atomic E-state index is 0.340. The number of ether oxygens (including phenoxy) is 1. The van der Waals surface area contributed by atoms with Crippen molar-refractivity contribution in [3.8, 4) is 5.75 Å². The molecular formula is C18H28N2O3S. The molecule has 1 aromatic carbocycles. The quantitative estimate of drug-likeness (QED) is 0.798. The number of hydrogen-bond donors (Lipinski definition) is 1. The molecule has 0 aliphatic carbocycles. The van der Waals surface area contributed by atoms with Gasteiger partial charge < -0.3 is 9.64 Å². The van der Waals surface area contributed by atoms with E-state index in [2.05, 4.69) is 23.5 Å². The molecule has 5 nitrogen and oxygen atoms in total. The minimum atomic E-state index is -3.43. The number of fused-ring (bicyclic) bond motifs is 1. The summed E-state index contributed by atoms with van der Waals surface area (Å²) < 4.78 is 33.0. The van der Waals surface area contributed by atoms with E-state index < -0.39 is 10.0 Å². The Kier molecular flexibility index (Phi) is 5.47. The predicted molar refractivity (Wildman–Crippen MR) is 94.8 cm³/mol. The Morgan fingerprint density at radius 2 is 2.00 bits per heavy atom. The van der Waals surface area contributed by atoms with E-state index >= 15 is 0 Å². The Bertz CT molecular complexity index is 665. The Balaban J connectivity index is 1.49. The van der Waals surface area contributed by atoms with E-state index in [1.54, 1.807) is 18.2 Å². The van der Waals surface area contributed by atoms with Gasteiger partial charge in [0.25, 0.3) is 0 Å². The second-order valence-electron chi connectivity index (χ2n) is 7.32. The van der Waals surface area contributed by atoms with Crippen LogP contribution in [0.5, 0.6) is 5.75 Å². The summed E-state index contributed by atoms with van der Waals surface area (Å²) in [6, 6.07) is 5.12. The molecule has 3 rings (SSSR count). The van der Waals surface area contributed by atoms with Crippen molar-refractivity contribution in [2.75, 3.05) is 32.8 Å². The van der Waals surface area contributed by atoms with Gasteiger partial charge >= 0.3 is 0 Å². The van der Waals surface area contributed by atoms with Gasteiger partial charge in [-0.3, -0.25) is 0 Å². The van der Waals surface area contributed by atoms with E-state index in [0.29, 0.717) is 18.0 Å². The minimum Gasteiger partial charge on any atom is -0.493 e. The third-order valence-electron chi connectivity index (χ3n) is 4.86. The standard InChI is InChI=1S/C18H28N2O3S/c1-14-10-15(2)13-20(12-14)8-3-7-19-24(21,22)17-4-5-18-16(11-17)6-9-23-18/h4-5,11,14-15,19H,3,6-10,12-13H2,1-2H3. The van der Waals surface area contributed by atoms with Crippen LogP contribution in [0.4, 0.5) is 0 Å². The van der Waals surface area contributed by atoms with Crippen LogP contribution in [0, 0.1) is 11.8 Å². The average molecular weight is 353 g/mol. The van der Waals surface area contributed by atoms with Crippen LogP contribution in [0.3, 0.4) is 0 Å². The molecule has 134 valence electrons.